The molecule has 3 aromatic rings. The zero-order valence-corrected chi connectivity index (χ0v) is 15.7. The molecule has 0 bridgehead atoms. The highest BCUT2D eigenvalue weighted by molar-refractivity contribution is 7.99. The van der Waals surface area contributed by atoms with E-state index in [2.05, 4.69) is 0 Å². The van der Waals surface area contributed by atoms with E-state index in [1.54, 1.807) is 18.2 Å². The average molecular weight is 367 g/mol. The Morgan fingerprint density at radius 1 is 1.19 bits per heavy atom. The number of rotatable bonds is 6. The standard InChI is InChI=1S/C21H21NO3S/c1-22(26-2)16-7-10-18-20(11-16)25-13-19(21(18)23)15-5-8-17(9-6-15)24-12-14-3-4-14/h5-11,13-14H,3-4,12H2,1-2H3. The number of ether oxygens (including phenoxy) is 1. The quantitative estimate of drug-likeness (QED) is 0.576. The van der Waals surface area contributed by atoms with Crippen molar-refractivity contribution in [2.24, 2.45) is 5.92 Å². The predicted octanol–water partition coefficient (Wildman–Crippen LogP) is 4.96. The van der Waals surface area contributed by atoms with Crippen molar-refractivity contribution in [1.29, 1.82) is 0 Å². The molecule has 0 N–H and O–H groups in total. The first-order valence-electron chi connectivity index (χ1n) is 8.72. The molecule has 26 heavy (non-hydrogen) atoms. The average Bonchev–Trinajstić information content (AvgIpc) is 3.51. The van der Waals surface area contributed by atoms with E-state index in [0.29, 0.717) is 16.5 Å². The van der Waals surface area contributed by atoms with Crippen LogP contribution in [0.4, 0.5) is 5.69 Å². The molecule has 4 rings (SSSR count). The molecule has 5 heteroatoms. The molecule has 4 nitrogen and oxygen atoms in total. The highest BCUT2D eigenvalue weighted by Crippen LogP contribution is 2.30. The van der Waals surface area contributed by atoms with Gasteiger partial charge in [-0.1, -0.05) is 24.1 Å². The molecule has 134 valence electrons. The van der Waals surface area contributed by atoms with Gasteiger partial charge in [0.15, 0.2) is 5.43 Å². The minimum atomic E-state index is -0.0174. The van der Waals surface area contributed by atoms with Crippen LogP contribution in [0.2, 0.25) is 0 Å². The summed E-state index contributed by atoms with van der Waals surface area (Å²) < 4.78 is 13.5. The lowest BCUT2D eigenvalue weighted by atomic mass is 10.1. The van der Waals surface area contributed by atoms with E-state index in [0.717, 1.165) is 29.5 Å². The molecule has 0 saturated heterocycles. The zero-order valence-electron chi connectivity index (χ0n) is 14.9. The highest BCUT2D eigenvalue weighted by Gasteiger charge is 2.21. The van der Waals surface area contributed by atoms with Gasteiger partial charge in [0, 0.05) is 19.4 Å². The van der Waals surface area contributed by atoms with Gasteiger partial charge in [-0.05, 0) is 48.6 Å². The van der Waals surface area contributed by atoms with E-state index in [-0.39, 0.29) is 5.43 Å². The fraction of sp³-hybridized carbons (Fsp3) is 0.286. The minimum absolute atomic E-state index is 0.0174. The Morgan fingerprint density at radius 2 is 1.96 bits per heavy atom. The Hall–Kier alpha value is -2.40. The molecule has 2 aromatic carbocycles. The van der Waals surface area contributed by atoms with Gasteiger partial charge in [-0.3, -0.25) is 4.79 Å². The first-order valence-corrected chi connectivity index (χ1v) is 9.90. The number of fused-ring (bicyclic) bond motifs is 1. The summed E-state index contributed by atoms with van der Waals surface area (Å²) >= 11 is 1.60. The third kappa shape index (κ3) is 3.44. The Bertz CT molecular complexity index is 977. The number of anilines is 1. The van der Waals surface area contributed by atoms with Crippen LogP contribution >= 0.6 is 11.9 Å². The van der Waals surface area contributed by atoms with Gasteiger partial charge in [0.1, 0.15) is 17.6 Å². The van der Waals surface area contributed by atoms with Crippen molar-refractivity contribution in [3.05, 3.63) is 59.0 Å². The van der Waals surface area contributed by atoms with Crippen LogP contribution in [0.25, 0.3) is 22.1 Å². The molecule has 0 spiro atoms. The van der Waals surface area contributed by atoms with Crippen molar-refractivity contribution in [1.82, 2.24) is 0 Å². The monoisotopic (exact) mass is 367 g/mol. The van der Waals surface area contributed by atoms with Crippen LogP contribution in [-0.4, -0.2) is 19.9 Å². The summed E-state index contributed by atoms with van der Waals surface area (Å²) in [5, 5.41) is 0.592. The Labute approximate surface area is 156 Å². The SMILES string of the molecule is CSN(C)c1ccc2c(=O)c(-c3ccc(OCC4CC4)cc3)coc2c1. The summed E-state index contributed by atoms with van der Waals surface area (Å²) in [4.78, 5) is 12.9. The second-order valence-electron chi connectivity index (χ2n) is 6.62. The molecular formula is C21H21NO3S. The molecule has 1 saturated carbocycles. The van der Waals surface area contributed by atoms with Crippen molar-refractivity contribution in [2.75, 3.05) is 24.2 Å². The summed E-state index contributed by atoms with van der Waals surface area (Å²) in [5.41, 5.74) is 2.98. The summed E-state index contributed by atoms with van der Waals surface area (Å²) in [6.45, 7) is 0.782. The van der Waals surface area contributed by atoms with E-state index < -0.39 is 0 Å². The number of hydrogen-bond donors (Lipinski definition) is 0. The molecular weight excluding hydrogens is 346 g/mol. The van der Waals surface area contributed by atoms with Crippen molar-refractivity contribution in [3.8, 4) is 16.9 Å². The van der Waals surface area contributed by atoms with Crippen LogP contribution in [0.3, 0.4) is 0 Å². The zero-order chi connectivity index (χ0) is 18.1. The summed E-state index contributed by atoms with van der Waals surface area (Å²) in [5.74, 6) is 1.56. The number of benzene rings is 2. The largest absolute Gasteiger partial charge is 0.493 e. The molecule has 0 aliphatic heterocycles. The Morgan fingerprint density at radius 3 is 2.65 bits per heavy atom. The van der Waals surface area contributed by atoms with Crippen LogP contribution < -0.4 is 14.5 Å². The van der Waals surface area contributed by atoms with Crippen LogP contribution in [0.15, 0.2) is 57.9 Å². The summed E-state index contributed by atoms with van der Waals surface area (Å²) in [6, 6.07) is 13.3. The highest BCUT2D eigenvalue weighted by atomic mass is 32.2. The first-order chi connectivity index (χ1) is 12.7. The van der Waals surface area contributed by atoms with Crippen LogP contribution in [-0.2, 0) is 0 Å². The van der Waals surface area contributed by atoms with Crippen molar-refractivity contribution in [3.63, 3.8) is 0 Å². The van der Waals surface area contributed by atoms with Gasteiger partial charge in [0.25, 0.3) is 0 Å². The maximum atomic E-state index is 12.9. The predicted molar refractivity (Wildman–Crippen MR) is 108 cm³/mol. The van der Waals surface area contributed by atoms with E-state index in [9.17, 15) is 4.79 Å². The van der Waals surface area contributed by atoms with Crippen molar-refractivity contribution in [2.45, 2.75) is 12.8 Å². The number of nitrogens with zero attached hydrogens (tertiary/aromatic N) is 1. The van der Waals surface area contributed by atoms with E-state index >= 15 is 0 Å². The van der Waals surface area contributed by atoms with Crippen molar-refractivity contribution < 1.29 is 9.15 Å². The minimum Gasteiger partial charge on any atom is -0.493 e. The summed E-state index contributed by atoms with van der Waals surface area (Å²) in [7, 11) is 1.98. The second-order valence-corrected chi connectivity index (χ2v) is 7.53. The van der Waals surface area contributed by atoms with Gasteiger partial charge in [-0.15, -0.1) is 0 Å². The van der Waals surface area contributed by atoms with Gasteiger partial charge < -0.3 is 13.5 Å². The third-order valence-electron chi connectivity index (χ3n) is 4.74. The lowest BCUT2D eigenvalue weighted by Crippen LogP contribution is -2.07. The van der Waals surface area contributed by atoms with Gasteiger partial charge in [-0.25, -0.2) is 0 Å². The molecule has 1 aliphatic carbocycles. The van der Waals surface area contributed by atoms with Crippen LogP contribution in [0, 0.1) is 5.92 Å². The molecule has 0 radical (unpaired) electrons. The normalized spacial score (nSPS) is 13.8. The van der Waals surface area contributed by atoms with Crippen LogP contribution in [0.5, 0.6) is 5.75 Å². The molecule has 1 aromatic heterocycles. The maximum absolute atomic E-state index is 12.9. The van der Waals surface area contributed by atoms with Crippen LogP contribution in [0.1, 0.15) is 12.8 Å². The smallest absolute Gasteiger partial charge is 0.200 e. The lowest BCUT2D eigenvalue weighted by Gasteiger charge is -2.15. The van der Waals surface area contributed by atoms with Crippen molar-refractivity contribution >= 4 is 28.6 Å². The fourth-order valence-electron chi connectivity index (χ4n) is 2.85. The first kappa shape index (κ1) is 17.0. The van der Waals surface area contributed by atoms with E-state index in [1.165, 1.54) is 12.8 Å². The topological polar surface area (TPSA) is 42.7 Å². The molecule has 0 amide bonds. The second kappa shape index (κ2) is 7.08. The van der Waals surface area contributed by atoms with Gasteiger partial charge in [-0.2, -0.15) is 0 Å². The summed E-state index contributed by atoms with van der Waals surface area (Å²) in [6.07, 6.45) is 6.09. The molecule has 0 unspecified atom stereocenters. The Kier molecular flexibility index (Phi) is 4.64. The van der Waals surface area contributed by atoms with E-state index in [4.69, 9.17) is 9.15 Å². The fourth-order valence-corrected chi connectivity index (χ4v) is 3.17. The molecule has 1 fully saturated rings. The lowest BCUT2D eigenvalue weighted by molar-refractivity contribution is 0.300. The number of hydrogen-bond acceptors (Lipinski definition) is 5. The van der Waals surface area contributed by atoms with Gasteiger partial charge in [0.05, 0.1) is 23.2 Å². The Balaban J connectivity index is 1.63. The van der Waals surface area contributed by atoms with E-state index in [1.807, 2.05) is 60.1 Å². The van der Waals surface area contributed by atoms with Gasteiger partial charge >= 0.3 is 0 Å². The maximum Gasteiger partial charge on any atom is 0.200 e. The molecule has 1 aliphatic rings. The molecule has 1 heterocycles. The van der Waals surface area contributed by atoms with Gasteiger partial charge in [0.2, 0.25) is 0 Å². The third-order valence-corrected chi connectivity index (χ3v) is 5.50. The molecule has 0 atom stereocenters.